The smallest absolute Gasteiger partial charge is 0.246 e. The Morgan fingerprint density at radius 2 is 2.67 bits per heavy atom. The standard InChI is InChI=1S/C6H9NO2/c1-2-5-3-9-4-6(8)7-5/h2,5H,1,3-4H2,(H,7,8)/t5-/m1/s1. The summed E-state index contributed by atoms with van der Waals surface area (Å²) in [5.41, 5.74) is 0. The second kappa shape index (κ2) is 2.64. The van der Waals surface area contributed by atoms with Crippen LogP contribution >= 0.6 is 0 Å². The highest BCUT2D eigenvalue weighted by atomic mass is 16.5. The Kier molecular flexibility index (Phi) is 1.85. The first-order valence-corrected chi connectivity index (χ1v) is 2.82. The van der Waals surface area contributed by atoms with Gasteiger partial charge in [0.2, 0.25) is 5.91 Å². The molecular weight excluding hydrogens is 118 g/mol. The predicted molar refractivity (Wildman–Crippen MR) is 32.9 cm³/mol. The first-order valence-electron chi connectivity index (χ1n) is 2.82. The average Bonchev–Trinajstić information content (AvgIpc) is 1.88. The zero-order valence-corrected chi connectivity index (χ0v) is 5.09. The molecule has 1 atom stereocenters. The van der Waals surface area contributed by atoms with Crippen molar-refractivity contribution in [2.45, 2.75) is 6.04 Å². The Morgan fingerprint density at radius 1 is 1.89 bits per heavy atom. The molecule has 0 aromatic heterocycles. The normalized spacial score (nSPS) is 27.1. The Hall–Kier alpha value is -0.830. The molecule has 1 aliphatic rings. The van der Waals surface area contributed by atoms with Crippen LogP contribution in [0, 0.1) is 0 Å². The molecule has 0 aliphatic carbocycles. The number of hydrogen-bond donors (Lipinski definition) is 1. The van der Waals surface area contributed by atoms with Gasteiger partial charge in [-0.3, -0.25) is 4.79 Å². The van der Waals surface area contributed by atoms with Crippen molar-refractivity contribution in [2.75, 3.05) is 13.2 Å². The quantitative estimate of drug-likeness (QED) is 0.490. The van der Waals surface area contributed by atoms with Crippen LogP contribution < -0.4 is 5.32 Å². The van der Waals surface area contributed by atoms with Crippen LogP contribution in [0.25, 0.3) is 0 Å². The molecule has 1 heterocycles. The number of morpholine rings is 1. The van der Waals surface area contributed by atoms with E-state index in [2.05, 4.69) is 11.9 Å². The fourth-order valence-electron chi connectivity index (χ4n) is 0.696. The van der Waals surface area contributed by atoms with Crippen molar-refractivity contribution in [3.8, 4) is 0 Å². The summed E-state index contributed by atoms with van der Waals surface area (Å²) in [5.74, 6) is -0.0637. The highest BCUT2D eigenvalue weighted by molar-refractivity contribution is 5.78. The van der Waals surface area contributed by atoms with E-state index in [1.165, 1.54) is 0 Å². The van der Waals surface area contributed by atoms with Gasteiger partial charge in [-0.2, -0.15) is 0 Å². The summed E-state index contributed by atoms with van der Waals surface area (Å²) in [4.78, 5) is 10.5. The van der Waals surface area contributed by atoms with E-state index in [-0.39, 0.29) is 18.6 Å². The van der Waals surface area contributed by atoms with Gasteiger partial charge >= 0.3 is 0 Å². The van der Waals surface area contributed by atoms with Crippen molar-refractivity contribution in [3.63, 3.8) is 0 Å². The number of ether oxygens (including phenoxy) is 1. The van der Waals surface area contributed by atoms with Crippen LogP contribution in [0.4, 0.5) is 0 Å². The van der Waals surface area contributed by atoms with Gasteiger partial charge in [0.05, 0.1) is 12.6 Å². The van der Waals surface area contributed by atoms with Crippen LogP contribution in [0.15, 0.2) is 12.7 Å². The van der Waals surface area contributed by atoms with E-state index in [1.54, 1.807) is 6.08 Å². The van der Waals surface area contributed by atoms with Crippen LogP contribution in [0.1, 0.15) is 0 Å². The molecule has 0 bridgehead atoms. The third kappa shape index (κ3) is 1.54. The molecule has 9 heavy (non-hydrogen) atoms. The van der Waals surface area contributed by atoms with E-state index >= 15 is 0 Å². The van der Waals surface area contributed by atoms with Gasteiger partial charge in [-0.05, 0) is 0 Å². The molecule has 0 saturated carbocycles. The number of carbonyl (C=O) groups is 1. The van der Waals surface area contributed by atoms with Gasteiger partial charge < -0.3 is 10.1 Å². The zero-order valence-electron chi connectivity index (χ0n) is 5.09. The molecular formula is C6H9NO2. The van der Waals surface area contributed by atoms with Crippen molar-refractivity contribution >= 4 is 5.91 Å². The van der Waals surface area contributed by atoms with E-state index < -0.39 is 0 Å². The van der Waals surface area contributed by atoms with Gasteiger partial charge in [0.1, 0.15) is 6.61 Å². The van der Waals surface area contributed by atoms with E-state index in [4.69, 9.17) is 4.74 Å². The van der Waals surface area contributed by atoms with Crippen molar-refractivity contribution in [3.05, 3.63) is 12.7 Å². The second-order valence-corrected chi connectivity index (χ2v) is 1.92. The molecule has 1 aliphatic heterocycles. The van der Waals surface area contributed by atoms with Crippen molar-refractivity contribution in [2.24, 2.45) is 0 Å². The fraction of sp³-hybridized carbons (Fsp3) is 0.500. The highest BCUT2D eigenvalue weighted by Gasteiger charge is 2.14. The predicted octanol–water partition coefficient (Wildman–Crippen LogP) is -0.313. The summed E-state index contributed by atoms with van der Waals surface area (Å²) < 4.78 is 4.90. The molecule has 0 aromatic rings. The molecule has 0 unspecified atom stereocenters. The van der Waals surface area contributed by atoms with Gasteiger partial charge in [0.15, 0.2) is 0 Å². The van der Waals surface area contributed by atoms with E-state index in [0.29, 0.717) is 6.61 Å². The van der Waals surface area contributed by atoms with Crippen LogP contribution in [-0.4, -0.2) is 25.2 Å². The summed E-state index contributed by atoms with van der Waals surface area (Å²) in [6.45, 7) is 4.26. The monoisotopic (exact) mass is 127 g/mol. The van der Waals surface area contributed by atoms with E-state index in [9.17, 15) is 4.79 Å². The molecule has 0 aromatic carbocycles. The third-order valence-electron chi connectivity index (χ3n) is 1.16. The van der Waals surface area contributed by atoms with Crippen LogP contribution in [0.3, 0.4) is 0 Å². The van der Waals surface area contributed by atoms with Crippen LogP contribution in [-0.2, 0) is 9.53 Å². The molecule has 0 radical (unpaired) electrons. The maximum atomic E-state index is 10.5. The number of amides is 1. The highest BCUT2D eigenvalue weighted by Crippen LogP contribution is 1.93. The molecule has 0 spiro atoms. The number of hydrogen-bond acceptors (Lipinski definition) is 2. The second-order valence-electron chi connectivity index (χ2n) is 1.92. The third-order valence-corrected chi connectivity index (χ3v) is 1.16. The fourth-order valence-corrected chi connectivity index (χ4v) is 0.696. The van der Waals surface area contributed by atoms with Gasteiger partial charge in [0, 0.05) is 0 Å². The van der Waals surface area contributed by atoms with E-state index in [0.717, 1.165) is 0 Å². The summed E-state index contributed by atoms with van der Waals surface area (Å²) in [6, 6.07) is 0.00579. The SMILES string of the molecule is C=C[C@@H]1COCC(=O)N1. The first kappa shape index (κ1) is 6.29. The first-order chi connectivity index (χ1) is 4.33. The topological polar surface area (TPSA) is 38.3 Å². The lowest BCUT2D eigenvalue weighted by molar-refractivity contribution is -0.130. The molecule has 50 valence electrons. The van der Waals surface area contributed by atoms with Crippen molar-refractivity contribution in [1.82, 2.24) is 5.32 Å². The van der Waals surface area contributed by atoms with Crippen molar-refractivity contribution in [1.29, 1.82) is 0 Å². The van der Waals surface area contributed by atoms with Gasteiger partial charge in [-0.1, -0.05) is 6.08 Å². The number of rotatable bonds is 1. The number of carbonyl (C=O) groups excluding carboxylic acids is 1. The molecule has 3 heteroatoms. The minimum Gasteiger partial charge on any atom is -0.369 e. The molecule has 1 rings (SSSR count). The molecule has 1 amide bonds. The van der Waals surface area contributed by atoms with E-state index in [1.807, 2.05) is 0 Å². The van der Waals surface area contributed by atoms with Gasteiger partial charge in [-0.25, -0.2) is 0 Å². The Bertz CT molecular complexity index is 133. The zero-order chi connectivity index (χ0) is 6.69. The Morgan fingerprint density at radius 3 is 3.11 bits per heavy atom. The summed E-state index contributed by atoms with van der Waals surface area (Å²) in [7, 11) is 0. The Labute approximate surface area is 53.7 Å². The molecule has 1 fully saturated rings. The maximum Gasteiger partial charge on any atom is 0.246 e. The average molecular weight is 127 g/mol. The number of nitrogens with one attached hydrogen (secondary N) is 1. The molecule has 1 saturated heterocycles. The summed E-state index contributed by atoms with van der Waals surface area (Å²) in [6.07, 6.45) is 1.66. The lowest BCUT2D eigenvalue weighted by atomic mass is 10.3. The maximum absolute atomic E-state index is 10.5. The Balaban J connectivity index is 2.40. The largest absolute Gasteiger partial charge is 0.369 e. The van der Waals surface area contributed by atoms with Crippen LogP contribution in [0.2, 0.25) is 0 Å². The lowest BCUT2D eigenvalue weighted by Crippen LogP contribution is -2.44. The molecule has 3 nitrogen and oxygen atoms in total. The molecule has 1 N–H and O–H groups in total. The minimum absolute atomic E-state index is 0.00579. The van der Waals surface area contributed by atoms with Gasteiger partial charge in [0.25, 0.3) is 0 Å². The lowest BCUT2D eigenvalue weighted by Gasteiger charge is -2.19. The van der Waals surface area contributed by atoms with Gasteiger partial charge in [-0.15, -0.1) is 6.58 Å². The summed E-state index contributed by atoms with van der Waals surface area (Å²) >= 11 is 0. The van der Waals surface area contributed by atoms with Crippen LogP contribution in [0.5, 0.6) is 0 Å². The summed E-state index contributed by atoms with van der Waals surface area (Å²) in [5, 5.41) is 2.68. The minimum atomic E-state index is -0.0637. The van der Waals surface area contributed by atoms with Crippen molar-refractivity contribution < 1.29 is 9.53 Å².